The molecule has 100 valence electrons. The molecule has 3 nitrogen and oxygen atoms in total. The summed E-state index contributed by atoms with van der Waals surface area (Å²) < 4.78 is 0. The van der Waals surface area contributed by atoms with Crippen molar-refractivity contribution in [2.24, 2.45) is 5.41 Å². The SMILES string of the molecule is CCCC(C)(C)CNCc1cccc(C(=O)O)c1. The number of nitrogens with one attached hydrogen (secondary N) is 1. The number of benzene rings is 1. The van der Waals surface area contributed by atoms with Crippen LogP contribution in [0.5, 0.6) is 0 Å². The number of aromatic carboxylic acids is 1. The lowest BCUT2D eigenvalue weighted by molar-refractivity contribution is 0.0696. The highest BCUT2D eigenvalue weighted by molar-refractivity contribution is 5.87. The second-order valence-electron chi connectivity index (χ2n) is 5.52. The van der Waals surface area contributed by atoms with Crippen LogP contribution in [0.15, 0.2) is 24.3 Å². The quantitative estimate of drug-likeness (QED) is 0.779. The number of hydrogen-bond acceptors (Lipinski definition) is 2. The Bertz CT molecular complexity index is 399. The molecule has 0 heterocycles. The van der Waals surface area contributed by atoms with Gasteiger partial charge in [0.15, 0.2) is 0 Å². The van der Waals surface area contributed by atoms with Crippen molar-refractivity contribution >= 4 is 5.97 Å². The molecular formula is C15H23NO2. The molecular weight excluding hydrogens is 226 g/mol. The summed E-state index contributed by atoms with van der Waals surface area (Å²) in [6.45, 7) is 8.35. The fraction of sp³-hybridized carbons (Fsp3) is 0.533. The molecule has 0 atom stereocenters. The number of carboxylic acid groups (broad SMARTS) is 1. The summed E-state index contributed by atoms with van der Waals surface area (Å²) >= 11 is 0. The van der Waals surface area contributed by atoms with Crippen molar-refractivity contribution in [1.29, 1.82) is 0 Å². The Kier molecular flexibility index (Phi) is 5.35. The van der Waals surface area contributed by atoms with Crippen LogP contribution < -0.4 is 5.32 Å². The fourth-order valence-corrected chi connectivity index (χ4v) is 2.12. The van der Waals surface area contributed by atoms with Crippen molar-refractivity contribution in [1.82, 2.24) is 5.32 Å². The summed E-state index contributed by atoms with van der Waals surface area (Å²) in [6, 6.07) is 7.08. The maximum Gasteiger partial charge on any atom is 0.335 e. The molecule has 0 radical (unpaired) electrons. The first-order valence-corrected chi connectivity index (χ1v) is 6.47. The second kappa shape index (κ2) is 6.55. The minimum atomic E-state index is -0.872. The van der Waals surface area contributed by atoms with Crippen LogP contribution in [0.3, 0.4) is 0 Å². The zero-order valence-corrected chi connectivity index (χ0v) is 11.5. The van der Waals surface area contributed by atoms with Gasteiger partial charge < -0.3 is 10.4 Å². The van der Waals surface area contributed by atoms with E-state index in [4.69, 9.17) is 5.11 Å². The zero-order valence-electron chi connectivity index (χ0n) is 11.5. The van der Waals surface area contributed by atoms with Gasteiger partial charge in [0.25, 0.3) is 0 Å². The van der Waals surface area contributed by atoms with Gasteiger partial charge in [0.2, 0.25) is 0 Å². The van der Waals surface area contributed by atoms with Crippen molar-refractivity contribution in [3.8, 4) is 0 Å². The first kappa shape index (κ1) is 14.7. The molecule has 1 aromatic carbocycles. The Morgan fingerprint density at radius 2 is 2.11 bits per heavy atom. The summed E-state index contributed by atoms with van der Waals surface area (Å²) in [5, 5.41) is 12.3. The molecule has 0 saturated carbocycles. The van der Waals surface area contributed by atoms with E-state index < -0.39 is 5.97 Å². The highest BCUT2D eigenvalue weighted by Crippen LogP contribution is 2.20. The van der Waals surface area contributed by atoms with E-state index >= 15 is 0 Å². The van der Waals surface area contributed by atoms with Gasteiger partial charge >= 0.3 is 5.97 Å². The number of carboxylic acids is 1. The number of carbonyl (C=O) groups is 1. The Labute approximate surface area is 109 Å². The molecule has 0 spiro atoms. The number of rotatable bonds is 7. The molecule has 0 fully saturated rings. The molecule has 0 aliphatic carbocycles. The van der Waals surface area contributed by atoms with Gasteiger partial charge in [-0.15, -0.1) is 0 Å². The molecule has 18 heavy (non-hydrogen) atoms. The van der Waals surface area contributed by atoms with Crippen LogP contribution in [0, 0.1) is 5.41 Å². The van der Waals surface area contributed by atoms with E-state index in [0.717, 1.165) is 12.1 Å². The van der Waals surface area contributed by atoms with Gasteiger partial charge in [0.05, 0.1) is 5.56 Å². The third-order valence-electron chi connectivity index (χ3n) is 3.03. The second-order valence-corrected chi connectivity index (χ2v) is 5.52. The Morgan fingerprint density at radius 1 is 1.39 bits per heavy atom. The minimum absolute atomic E-state index is 0.291. The van der Waals surface area contributed by atoms with Crippen molar-refractivity contribution in [2.45, 2.75) is 40.2 Å². The van der Waals surface area contributed by atoms with E-state index in [1.807, 2.05) is 6.07 Å². The van der Waals surface area contributed by atoms with Crippen LogP contribution >= 0.6 is 0 Å². The third-order valence-corrected chi connectivity index (χ3v) is 3.03. The topological polar surface area (TPSA) is 49.3 Å². The van der Waals surface area contributed by atoms with E-state index in [9.17, 15) is 4.79 Å². The van der Waals surface area contributed by atoms with Crippen LogP contribution in [-0.2, 0) is 6.54 Å². The van der Waals surface area contributed by atoms with E-state index in [0.29, 0.717) is 17.5 Å². The minimum Gasteiger partial charge on any atom is -0.478 e. The summed E-state index contributed by atoms with van der Waals surface area (Å²) in [5.41, 5.74) is 1.66. The lowest BCUT2D eigenvalue weighted by Gasteiger charge is -2.24. The first-order chi connectivity index (χ1) is 8.44. The molecule has 0 aliphatic heterocycles. The molecule has 0 bridgehead atoms. The van der Waals surface area contributed by atoms with Crippen molar-refractivity contribution in [3.05, 3.63) is 35.4 Å². The van der Waals surface area contributed by atoms with Gasteiger partial charge in [0.1, 0.15) is 0 Å². The lowest BCUT2D eigenvalue weighted by atomic mass is 9.88. The molecule has 1 rings (SSSR count). The van der Waals surface area contributed by atoms with Gasteiger partial charge in [-0.3, -0.25) is 0 Å². The van der Waals surface area contributed by atoms with Crippen molar-refractivity contribution in [2.75, 3.05) is 6.54 Å². The zero-order chi connectivity index (χ0) is 13.6. The lowest BCUT2D eigenvalue weighted by Crippen LogP contribution is -2.28. The monoisotopic (exact) mass is 249 g/mol. The van der Waals surface area contributed by atoms with E-state index in [1.54, 1.807) is 18.2 Å². The van der Waals surface area contributed by atoms with E-state index in [-0.39, 0.29) is 0 Å². The highest BCUT2D eigenvalue weighted by atomic mass is 16.4. The van der Waals surface area contributed by atoms with Crippen LogP contribution in [0.2, 0.25) is 0 Å². The molecule has 1 aromatic rings. The van der Waals surface area contributed by atoms with Gasteiger partial charge in [0, 0.05) is 13.1 Å². The molecule has 0 aliphatic rings. The summed E-state index contributed by atoms with van der Waals surface area (Å²) in [5.74, 6) is -0.872. The van der Waals surface area contributed by atoms with Crippen LogP contribution in [-0.4, -0.2) is 17.6 Å². The molecule has 0 saturated heterocycles. The largest absolute Gasteiger partial charge is 0.478 e. The Hall–Kier alpha value is -1.35. The molecule has 0 aromatic heterocycles. The smallest absolute Gasteiger partial charge is 0.335 e. The standard InChI is InChI=1S/C15H23NO2/c1-4-8-15(2,3)11-16-10-12-6-5-7-13(9-12)14(17)18/h5-7,9,16H,4,8,10-11H2,1-3H3,(H,17,18). The Balaban J connectivity index is 2.49. The summed E-state index contributed by atoms with van der Waals surface area (Å²) in [6.07, 6.45) is 2.37. The number of hydrogen-bond donors (Lipinski definition) is 2. The van der Waals surface area contributed by atoms with Gasteiger partial charge in [-0.2, -0.15) is 0 Å². The molecule has 3 heteroatoms. The average Bonchev–Trinajstić information content (AvgIpc) is 2.29. The van der Waals surface area contributed by atoms with Crippen LogP contribution in [0.25, 0.3) is 0 Å². The van der Waals surface area contributed by atoms with Crippen LogP contribution in [0.1, 0.15) is 49.5 Å². The predicted molar refractivity (Wildman–Crippen MR) is 73.8 cm³/mol. The van der Waals surface area contributed by atoms with E-state index in [1.165, 1.54) is 12.8 Å². The summed E-state index contributed by atoms with van der Waals surface area (Å²) in [7, 11) is 0. The van der Waals surface area contributed by atoms with Gasteiger partial charge in [-0.05, 0) is 29.5 Å². The average molecular weight is 249 g/mol. The highest BCUT2D eigenvalue weighted by Gasteiger charge is 2.15. The fourth-order valence-electron chi connectivity index (χ4n) is 2.12. The summed E-state index contributed by atoms with van der Waals surface area (Å²) in [4.78, 5) is 10.9. The predicted octanol–water partition coefficient (Wildman–Crippen LogP) is 3.30. The Morgan fingerprint density at radius 3 is 2.72 bits per heavy atom. The maximum absolute atomic E-state index is 10.9. The maximum atomic E-state index is 10.9. The normalized spacial score (nSPS) is 11.5. The van der Waals surface area contributed by atoms with Crippen molar-refractivity contribution < 1.29 is 9.90 Å². The van der Waals surface area contributed by atoms with Gasteiger partial charge in [-0.25, -0.2) is 4.79 Å². The van der Waals surface area contributed by atoms with Gasteiger partial charge in [-0.1, -0.05) is 39.3 Å². The van der Waals surface area contributed by atoms with E-state index in [2.05, 4.69) is 26.1 Å². The molecule has 0 unspecified atom stereocenters. The first-order valence-electron chi connectivity index (χ1n) is 6.47. The molecule has 2 N–H and O–H groups in total. The van der Waals surface area contributed by atoms with Crippen LogP contribution in [0.4, 0.5) is 0 Å². The third kappa shape index (κ3) is 4.88. The molecule has 0 amide bonds. The van der Waals surface area contributed by atoms with Crippen molar-refractivity contribution in [3.63, 3.8) is 0 Å².